The summed E-state index contributed by atoms with van der Waals surface area (Å²) in [5, 5.41) is 11.2. The second-order valence-electron chi connectivity index (χ2n) is 8.30. The lowest BCUT2D eigenvalue weighted by Gasteiger charge is -2.26. The van der Waals surface area contributed by atoms with Gasteiger partial charge >= 0.3 is 0 Å². The number of hydrogen-bond donors (Lipinski definition) is 1. The zero-order valence-electron chi connectivity index (χ0n) is 19.9. The van der Waals surface area contributed by atoms with E-state index in [0.29, 0.717) is 48.7 Å². The van der Waals surface area contributed by atoms with Gasteiger partial charge in [0.2, 0.25) is 0 Å². The molecule has 1 atom stereocenters. The summed E-state index contributed by atoms with van der Waals surface area (Å²) in [7, 11) is 1.55. The number of carbonyl (C=O) groups is 2. The Labute approximate surface area is 204 Å². The molecule has 0 aliphatic carbocycles. The van der Waals surface area contributed by atoms with Crippen molar-refractivity contribution in [3.05, 3.63) is 84.0 Å². The average molecular weight is 476 g/mol. The maximum atomic E-state index is 13.2. The van der Waals surface area contributed by atoms with Crippen molar-refractivity contribution < 1.29 is 24.2 Å². The van der Waals surface area contributed by atoms with Crippen LogP contribution in [-0.4, -0.2) is 51.5 Å². The number of Topliss-reactive ketones (excluding diaryl/α,β-unsaturated/α-hetero) is 1. The largest absolute Gasteiger partial charge is 0.507 e. The number of carbonyl (C=O) groups excluding carboxylic acids is 2. The second-order valence-corrected chi connectivity index (χ2v) is 8.30. The summed E-state index contributed by atoms with van der Waals surface area (Å²) in [4.78, 5) is 31.9. The molecule has 0 bridgehead atoms. The van der Waals surface area contributed by atoms with Gasteiger partial charge in [-0.25, -0.2) is 4.98 Å². The highest BCUT2D eigenvalue weighted by molar-refractivity contribution is 6.46. The summed E-state index contributed by atoms with van der Waals surface area (Å²) in [5.41, 5.74) is 1.21. The molecular weight excluding hydrogens is 446 g/mol. The van der Waals surface area contributed by atoms with E-state index in [2.05, 4.69) is 4.98 Å². The van der Waals surface area contributed by atoms with Gasteiger partial charge < -0.3 is 24.0 Å². The van der Waals surface area contributed by atoms with E-state index in [0.717, 1.165) is 6.42 Å². The lowest BCUT2D eigenvalue weighted by molar-refractivity contribution is -0.139. The van der Waals surface area contributed by atoms with Crippen LogP contribution >= 0.6 is 0 Å². The van der Waals surface area contributed by atoms with Crippen molar-refractivity contribution in [2.24, 2.45) is 0 Å². The quantitative estimate of drug-likeness (QED) is 0.268. The number of ketones is 1. The number of amides is 1. The average Bonchev–Trinajstić information content (AvgIpc) is 3.49. The predicted octanol–water partition coefficient (Wildman–Crippen LogP) is 4.19. The Morgan fingerprint density at radius 3 is 2.57 bits per heavy atom. The Balaban J connectivity index is 1.72. The van der Waals surface area contributed by atoms with E-state index in [1.54, 1.807) is 43.9 Å². The highest BCUT2D eigenvalue weighted by Gasteiger charge is 2.45. The number of benzene rings is 2. The molecule has 0 spiro atoms. The first-order valence-corrected chi connectivity index (χ1v) is 11.6. The van der Waals surface area contributed by atoms with Crippen LogP contribution in [0.5, 0.6) is 11.5 Å². The zero-order chi connectivity index (χ0) is 24.8. The summed E-state index contributed by atoms with van der Waals surface area (Å²) < 4.78 is 12.9. The van der Waals surface area contributed by atoms with Crippen LogP contribution in [0.3, 0.4) is 0 Å². The first-order chi connectivity index (χ1) is 17.0. The molecule has 1 fully saturated rings. The lowest BCUT2D eigenvalue weighted by atomic mass is 9.95. The topological polar surface area (TPSA) is 93.9 Å². The highest BCUT2D eigenvalue weighted by Crippen LogP contribution is 2.40. The zero-order valence-corrected chi connectivity index (χ0v) is 19.9. The molecular formula is C27H29N3O5. The van der Waals surface area contributed by atoms with Gasteiger partial charge in [-0.2, -0.15) is 0 Å². The van der Waals surface area contributed by atoms with E-state index in [-0.39, 0.29) is 11.3 Å². The molecule has 35 heavy (non-hydrogen) atoms. The molecule has 3 aromatic rings. The molecule has 2 aromatic carbocycles. The van der Waals surface area contributed by atoms with Gasteiger partial charge in [0.25, 0.3) is 11.7 Å². The van der Waals surface area contributed by atoms with E-state index in [1.165, 1.54) is 4.90 Å². The number of ether oxygens (including phenoxy) is 2. The third kappa shape index (κ3) is 5.21. The van der Waals surface area contributed by atoms with Crippen LogP contribution in [0, 0.1) is 0 Å². The van der Waals surface area contributed by atoms with Crippen molar-refractivity contribution in [3.8, 4) is 11.5 Å². The van der Waals surface area contributed by atoms with Gasteiger partial charge in [0, 0.05) is 31.0 Å². The third-order valence-electron chi connectivity index (χ3n) is 5.92. The number of aromatic nitrogens is 2. The van der Waals surface area contributed by atoms with E-state index < -0.39 is 17.7 Å². The van der Waals surface area contributed by atoms with Gasteiger partial charge in [-0.15, -0.1) is 0 Å². The van der Waals surface area contributed by atoms with Crippen LogP contribution in [-0.2, 0) is 16.1 Å². The Hall–Kier alpha value is -4.07. The first-order valence-electron chi connectivity index (χ1n) is 11.6. The monoisotopic (exact) mass is 475 g/mol. The molecule has 1 unspecified atom stereocenters. The van der Waals surface area contributed by atoms with Gasteiger partial charge in [-0.05, 0) is 54.8 Å². The number of hydrogen-bond acceptors (Lipinski definition) is 6. The fraction of sp³-hybridized carbons (Fsp3) is 0.296. The fourth-order valence-corrected chi connectivity index (χ4v) is 4.20. The SMILES string of the molecule is CCCOc1cccc(C2C(=C(O)c3ccc(OC)cc3)C(=O)C(=O)N2CCCn2ccnc2)c1. The molecule has 1 aliphatic rings. The highest BCUT2D eigenvalue weighted by atomic mass is 16.5. The summed E-state index contributed by atoms with van der Waals surface area (Å²) >= 11 is 0. The molecule has 0 saturated carbocycles. The number of imidazole rings is 1. The summed E-state index contributed by atoms with van der Waals surface area (Å²) in [6.07, 6.45) is 6.74. The van der Waals surface area contributed by atoms with Gasteiger partial charge in [0.1, 0.15) is 17.3 Å². The van der Waals surface area contributed by atoms with Crippen molar-refractivity contribution in [1.29, 1.82) is 0 Å². The molecule has 4 rings (SSSR count). The molecule has 8 nitrogen and oxygen atoms in total. The smallest absolute Gasteiger partial charge is 0.295 e. The third-order valence-corrected chi connectivity index (χ3v) is 5.92. The number of rotatable bonds is 10. The summed E-state index contributed by atoms with van der Waals surface area (Å²) in [6.45, 7) is 3.56. The molecule has 1 amide bonds. The van der Waals surface area contributed by atoms with Crippen molar-refractivity contribution >= 4 is 17.4 Å². The Bertz CT molecular complexity index is 1200. The molecule has 2 heterocycles. The van der Waals surface area contributed by atoms with Gasteiger partial charge in [0.05, 0.1) is 31.7 Å². The van der Waals surface area contributed by atoms with Crippen LogP contribution in [0.25, 0.3) is 5.76 Å². The number of methoxy groups -OCH3 is 1. The minimum absolute atomic E-state index is 0.0652. The van der Waals surface area contributed by atoms with E-state index in [9.17, 15) is 14.7 Å². The number of aryl methyl sites for hydroxylation is 1. The van der Waals surface area contributed by atoms with Crippen LogP contribution in [0.4, 0.5) is 0 Å². The van der Waals surface area contributed by atoms with Crippen molar-refractivity contribution in [3.63, 3.8) is 0 Å². The standard InChI is InChI=1S/C27H29N3O5/c1-3-16-35-22-7-4-6-20(17-22)24-23(25(31)19-8-10-21(34-2)11-9-19)26(32)27(33)30(24)14-5-13-29-15-12-28-18-29/h4,6-12,15,17-18,24,31H,3,5,13-14,16H2,1-2H3. The van der Waals surface area contributed by atoms with Gasteiger partial charge in [0.15, 0.2) is 0 Å². The molecule has 0 radical (unpaired) electrons. The minimum Gasteiger partial charge on any atom is -0.507 e. The normalized spacial score (nSPS) is 17.1. The molecule has 182 valence electrons. The Morgan fingerprint density at radius 2 is 1.89 bits per heavy atom. The Kier molecular flexibility index (Phi) is 7.50. The second kappa shape index (κ2) is 10.9. The predicted molar refractivity (Wildman–Crippen MR) is 131 cm³/mol. The van der Waals surface area contributed by atoms with Crippen LogP contribution < -0.4 is 9.47 Å². The molecule has 1 aliphatic heterocycles. The summed E-state index contributed by atoms with van der Waals surface area (Å²) in [6, 6.07) is 13.3. The maximum Gasteiger partial charge on any atom is 0.295 e. The number of nitrogens with zero attached hydrogens (tertiary/aromatic N) is 3. The van der Waals surface area contributed by atoms with Crippen LogP contribution in [0.15, 0.2) is 72.8 Å². The number of aliphatic hydroxyl groups is 1. The van der Waals surface area contributed by atoms with E-state index >= 15 is 0 Å². The molecule has 1 aromatic heterocycles. The molecule has 8 heteroatoms. The van der Waals surface area contributed by atoms with Gasteiger partial charge in [-0.1, -0.05) is 19.1 Å². The van der Waals surface area contributed by atoms with Gasteiger partial charge in [-0.3, -0.25) is 9.59 Å². The lowest BCUT2D eigenvalue weighted by Crippen LogP contribution is -2.31. The summed E-state index contributed by atoms with van der Waals surface area (Å²) in [5.74, 6) is -0.272. The fourth-order valence-electron chi connectivity index (χ4n) is 4.20. The Morgan fingerprint density at radius 1 is 1.09 bits per heavy atom. The number of aliphatic hydroxyl groups excluding tert-OH is 1. The molecule has 1 saturated heterocycles. The van der Waals surface area contributed by atoms with E-state index in [4.69, 9.17) is 9.47 Å². The van der Waals surface area contributed by atoms with Crippen LogP contribution in [0.2, 0.25) is 0 Å². The van der Waals surface area contributed by atoms with Crippen LogP contribution in [0.1, 0.15) is 36.9 Å². The van der Waals surface area contributed by atoms with Crippen molar-refractivity contribution in [1.82, 2.24) is 14.5 Å². The van der Waals surface area contributed by atoms with Crippen molar-refractivity contribution in [2.45, 2.75) is 32.4 Å². The van der Waals surface area contributed by atoms with Crippen molar-refractivity contribution in [2.75, 3.05) is 20.3 Å². The van der Waals surface area contributed by atoms with E-state index in [1.807, 2.05) is 42.0 Å². The minimum atomic E-state index is -0.731. The first kappa shape index (κ1) is 24.1. The molecule has 1 N–H and O–H groups in total. The maximum absolute atomic E-state index is 13.2. The number of likely N-dealkylation sites (tertiary alicyclic amines) is 1.